The lowest BCUT2D eigenvalue weighted by molar-refractivity contribution is 0.384. The number of aromatic nitrogens is 2. The van der Waals surface area contributed by atoms with Crippen LogP contribution in [0.25, 0.3) is 21.8 Å². The summed E-state index contributed by atoms with van der Waals surface area (Å²) < 4.78 is 33.6. The molecule has 0 spiro atoms. The number of sulfonamides is 1. The molecule has 0 saturated carbocycles. The predicted octanol–water partition coefficient (Wildman–Crippen LogP) is 4.65. The molecule has 4 aromatic rings. The molecule has 2 aliphatic rings. The number of benzene rings is 1. The maximum Gasteiger partial charge on any atom is 0.243 e. The van der Waals surface area contributed by atoms with Gasteiger partial charge in [-0.3, -0.25) is 0 Å². The van der Waals surface area contributed by atoms with Gasteiger partial charge in [0.25, 0.3) is 0 Å². The zero-order valence-corrected chi connectivity index (χ0v) is 20.7. The van der Waals surface area contributed by atoms with E-state index in [1.165, 1.54) is 23.3 Å². The number of thiophene rings is 1. The van der Waals surface area contributed by atoms with E-state index in [1.807, 2.05) is 31.2 Å². The van der Waals surface area contributed by atoms with Crippen LogP contribution in [0, 0.1) is 6.92 Å². The second-order valence-corrected chi connectivity index (χ2v) is 12.0. The van der Waals surface area contributed by atoms with E-state index in [1.54, 1.807) is 34.0 Å². The summed E-state index contributed by atoms with van der Waals surface area (Å²) in [4.78, 5) is 14.8. The third-order valence-electron chi connectivity index (χ3n) is 6.73. The Morgan fingerprint density at radius 1 is 0.971 bits per heavy atom. The maximum absolute atomic E-state index is 13.2. The summed E-state index contributed by atoms with van der Waals surface area (Å²) >= 11 is 1.77. The van der Waals surface area contributed by atoms with E-state index in [-0.39, 0.29) is 0 Å². The highest BCUT2D eigenvalue weighted by atomic mass is 32.2. The minimum atomic E-state index is -3.51. The predicted molar refractivity (Wildman–Crippen MR) is 134 cm³/mol. The summed E-state index contributed by atoms with van der Waals surface area (Å²) in [7, 11) is -3.51. The van der Waals surface area contributed by atoms with Gasteiger partial charge in [-0.1, -0.05) is 17.7 Å². The Kier molecular flexibility index (Phi) is 5.43. The van der Waals surface area contributed by atoms with Crippen LogP contribution < -0.4 is 4.90 Å². The van der Waals surface area contributed by atoms with Crippen LogP contribution in [0.5, 0.6) is 0 Å². The third kappa shape index (κ3) is 3.72. The average Bonchev–Trinajstić information content (AvgIpc) is 3.52. The number of hydrogen-bond donors (Lipinski definition) is 0. The van der Waals surface area contributed by atoms with Crippen LogP contribution in [0.2, 0.25) is 0 Å². The number of piperazine rings is 1. The van der Waals surface area contributed by atoms with Crippen molar-refractivity contribution in [2.24, 2.45) is 0 Å². The zero-order chi connectivity index (χ0) is 23.3. The Labute approximate surface area is 203 Å². The van der Waals surface area contributed by atoms with Crippen molar-refractivity contribution < 1.29 is 12.8 Å². The van der Waals surface area contributed by atoms with Crippen molar-refractivity contribution in [3.8, 4) is 11.6 Å². The van der Waals surface area contributed by atoms with Crippen molar-refractivity contribution in [3.63, 3.8) is 0 Å². The van der Waals surface area contributed by atoms with Gasteiger partial charge >= 0.3 is 0 Å². The monoisotopic (exact) mass is 494 g/mol. The topological polar surface area (TPSA) is 79.5 Å². The second kappa shape index (κ2) is 8.48. The molecule has 6 rings (SSSR count). The standard InChI is InChI=1S/C25H26N4O3S2/c1-17-8-10-18(11-9-17)34(30,31)29-14-12-28(13-15-29)24-22-19-5-2-3-7-21(19)33-25(22)27-23(26-24)20-6-4-16-32-20/h4,6,8-11,16H,2-3,5,7,12-15H2,1H3. The summed E-state index contributed by atoms with van der Waals surface area (Å²) in [5, 5.41) is 1.14. The Hall–Kier alpha value is -2.75. The molecule has 4 heterocycles. The van der Waals surface area contributed by atoms with E-state index in [4.69, 9.17) is 14.4 Å². The smallest absolute Gasteiger partial charge is 0.243 e. The molecule has 0 radical (unpaired) electrons. The Morgan fingerprint density at radius 2 is 1.74 bits per heavy atom. The van der Waals surface area contributed by atoms with Gasteiger partial charge in [0.15, 0.2) is 11.6 Å². The molecule has 0 atom stereocenters. The van der Waals surface area contributed by atoms with Crippen LogP contribution in [0.3, 0.4) is 0 Å². The van der Waals surface area contributed by atoms with Gasteiger partial charge in [-0.15, -0.1) is 11.3 Å². The van der Waals surface area contributed by atoms with Crippen molar-refractivity contribution in [2.75, 3.05) is 31.1 Å². The summed E-state index contributed by atoms with van der Waals surface area (Å²) in [5.74, 6) is 2.14. The number of fused-ring (bicyclic) bond motifs is 3. The van der Waals surface area contributed by atoms with Crippen molar-refractivity contribution in [3.05, 3.63) is 58.7 Å². The molecule has 0 amide bonds. The van der Waals surface area contributed by atoms with Crippen LogP contribution in [-0.2, 0) is 22.9 Å². The summed E-state index contributed by atoms with van der Waals surface area (Å²) in [5.41, 5.74) is 2.42. The minimum Gasteiger partial charge on any atom is -0.461 e. The first-order valence-corrected chi connectivity index (χ1v) is 13.9. The molecule has 3 aromatic heterocycles. The maximum atomic E-state index is 13.2. The van der Waals surface area contributed by atoms with Gasteiger partial charge < -0.3 is 9.32 Å². The molecular formula is C25H26N4O3S2. The highest BCUT2D eigenvalue weighted by Gasteiger charge is 2.31. The van der Waals surface area contributed by atoms with Crippen molar-refractivity contribution in [1.82, 2.24) is 14.3 Å². The fourth-order valence-corrected chi connectivity index (χ4v) is 7.56. The number of anilines is 1. The summed E-state index contributed by atoms with van der Waals surface area (Å²) in [6.07, 6.45) is 6.17. The van der Waals surface area contributed by atoms with Crippen LogP contribution in [-0.4, -0.2) is 48.9 Å². The molecular weight excluding hydrogens is 468 g/mol. The van der Waals surface area contributed by atoms with E-state index in [2.05, 4.69) is 4.90 Å². The van der Waals surface area contributed by atoms with E-state index >= 15 is 0 Å². The van der Waals surface area contributed by atoms with Crippen LogP contribution in [0.4, 0.5) is 5.82 Å². The first-order valence-electron chi connectivity index (χ1n) is 11.7. The van der Waals surface area contributed by atoms with E-state index < -0.39 is 10.0 Å². The lowest BCUT2D eigenvalue weighted by Gasteiger charge is -2.35. The normalized spacial score (nSPS) is 17.3. The molecule has 9 heteroatoms. The van der Waals surface area contributed by atoms with E-state index in [9.17, 15) is 8.42 Å². The molecule has 176 valence electrons. The molecule has 0 N–H and O–H groups in total. The molecule has 0 unspecified atom stereocenters. The van der Waals surface area contributed by atoms with Gasteiger partial charge in [0, 0.05) is 31.1 Å². The third-order valence-corrected chi connectivity index (χ3v) is 9.83. The molecule has 7 nitrogen and oxygen atoms in total. The van der Waals surface area contributed by atoms with Gasteiger partial charge in [-0.25, -0.2) is 18.4 Å². The first kappa shape index (κ1) is 21.8. The van der Waals surface area contributed by atoms with Crippen LogP contribution >= 0.6 is 11.3 Å². The van der Waals surface area contributed by atoms with Gasteiger partial charge in [-0.05, 0) is 62.4 Å². The minimum absolute atomic E-state index is 0.350. The molecule has 0 bridgehead atoms. The lowest BCUT2D eigenvalue weighted by atomic mass is 9.97. The summed E-state index contributed by atoms with van der Waals surface area (Å²) in [6.45, 7) is 3.96. The molecule has 1 saturated heterocycles. The van der Waals surface area contributed by atoms with Gasteiger partial charge in [-0.2, -0.15) is 4.31 Å². The Bertz CT molecular complexity index is 1440. The van der Waals surface area contributed by atoms with E-state index in [0.717, 1.165) is 34.4 Å². The molecule has 1 aliphatic heterocycles. The fraction of sp³-hybridized carbons (Fsp3) is 0.360. The number of hydrogen-bond acceptors (Lipinski definition) is 7. The highest BCUT2D eigenvalue weighted by molar-refractivity contribution is 7.89. The number of nitrogens with zero attached hydrogens (tertiary/aromatic N) is 4. The second-order valence-electron chi connectivity index (χ2n) is 8.94. The van der Waals surface area contributed by atoms with Crippen LogP contribution in [0.1, 0.15) is 28.8 Å². The highest BCUT2D eigenvalue weighted by Crippen LogP contribution is 2.41. The van der Waals surface area contributed by atoms with Gasteiger partial charge in [0.2, 0.25) is 10.0 Å². The largest absolute Gasteiger partial charge is 0.461 e. The molecule has 1 aliphatic carbocycles. The average molecular weight is 495 g/mol. The van der Waals surface area contributed by atoms with Gasteiger partial charge in [0.05, 0.1) is 16.5 Å². The van der Waals surface area contributed by atoms with Crippen molar-refractivity contribution in [2.45, 2.75) is 37.5 Å². The molecule has 1 aromatic carbocycles. The Morgan fingerprint density at radius 3 is 2.47 bits per heavy atom. The van der Waals surface area contributed by atoms with E-state index in [0.29, 0.717) is 42.7 Å². The lowest BCUT2D eigenvalue weighted by Crippen LogP contribution is -2.49. The molecule has 1 fully saturated rings. The zero-order valence-electron chi connectivity index (χ0n) is 19.0. The number of aryl methyl sites for hydroxylation is 3. The summed E-state index contributed by atoms with van der Waals surface area (Å²) in [6, 6.07) is 10.8. The van der Waals surface area contributed by atoms with Crippen LogP contribution in [0.15, 0.2) is 52.0 Å². The fourth-order valence-electron chi connectivity index (χ4n) is 4.88. The SMILES string of the molecule is Cc1ccc(S(=O)(=O)N2CCN(c3nc(-c4ccco4)nc4sc5c(c34)CCCC5)CC2)cc1. The number of rotatable bonds is 4. The quantitative estimate of drug-likeness (QED) is 0.411. The first-order chi connectivity index (χ1) is 16.5. The number of furan rings is 1. The van der Waals surface area contributed by atoms with Crippen molar-refractivity contribution >= 4 is 37.4 Å². The Balaban J connectivity index is 1.34. The van der Waals surface area contributed by atoms with Crippen molar-refractivity contribution in [1.29, 1.82) is 0 Å². The molecule has 34 heavy (non-hydrogen) atoms. The van der Waals surface area contributed by atoms with Gasteiger partial charge in [0.1, 0.15) is 10.6 Å².